The molecular formula is C9H10BrNO3. The molecule has 0 radical (unpaired) electrons. The molecule has 1 rings (SSSR count). The standard InChI is InChI=1S/C9H10BrNO3/c10-6-3-7(11)5-8(4-6)14-2-1-9(12)13/h3-5H,1-2,11H2,(H,12,13). The first-order chi connectivity index (χ1) is 6.58. The van der Waals surface area contributed by atoms with Crippen molar-refractivity contribution in [3.63, 3.8) is 0 Å². The Morgan fingerprint density at radius 2 is 2.21 bits per heavy atom. The summed E-state index contributed by atoms with van der Waals surface area (Å²) in [6.45, 7) is 0.144. The topological polar surface area (TPSA) is 72.5 Å². The smallest absolute Gasteiger partial charge is 0.306 e. The molecule has 0 aliphatic carbocycles. The first-order valence-corrected chi connectivity index (χ1v) is 4.78. The van der Waals surface area contributed by atoms with E-state index in [1.54, 1.807) is 18.2 Å². The van der Waals surface area contributed by atoms with Gasteiger partial charge in [0.2, 0.25) is 0 Å². The lowest BCUT2D eigenvalue weighted by molar-refractivity contribution is -0.137. The number of nitrogen functional groups attached to an aromatic ring is 1. The van der Waals surface area contributed by atoms with Crippen molar-refractivity contribution in [3.8, 4) is 5.75 Å². The van der Waals surface area contributed by atoms with Crippen molar-refractivity contribution >= 4 is 27.6 Å². The summed E-state index contributed by atoms with van der Waals surface area (Å²) in [5.41, 5.74) is 6.14. The minimum atomic E-state index is -0.882. The molecule has 0 bridgehead atoms. The van der Waals surface area contributed by atoms with E-state index >= 15 is 0 Å². The SMILES string of the molecule is Nc1cc(Br)cc(OCCC(=O)O)c1. The fourth-order valence-electron chi connectivity index (χ4n) is 0.924. The van der Waals surface area contributed by atoms with Crippen LogP contribution >= 0.6 is 15.9 Å². The van der Waals surface area contributed by atoms with Gasteiger partial charge >= 0.3 is 5.97 Å². The molecule has 0 spiro atoms. The van der Waals surface area contributed by atoms with Crippen molar-refractivity contribution < 1.29 is 14.6 Å². The van der Waals surface area contributed by atoms with Crippen LogP contribution in [0.1, 0.15) is 6.42 Å². The van der Waals surface area contributed by atoms with Crippen molar-refractivity contribution in [2.45, 2.75) is 6.42 Å². The van der Waals surface area contributed by atoms with Gasteiger partial charge in [-0.3, -0.25) is 4.79 Å². The van der Waals surface area contributed by atoms with Crippen LogP contribution in [0.3, 0.4) is 0 Å². The molecule has 0 aliphatic rings. The molecule has 14 heavy (non-hydrogen) atoms. The van der Waals surface area contributed by atoms with Gasteiger partial charge in [0.05, 0.1) is 13.0 Å². The van der Waals surface area contributed by atoms with Crippen molar-refractivity contribution in [1.82, 2.24) is 0 Å². The van der Waals surface area contributed by atoms with Gasteiger partial charge in [-0.15, -0.1) is 0 Å². The second-order valence-electron chi connectivity index (χ2n) is 2.71. The van der Waals surface area contributed by atoms with Gasteiger partial charge in [0, 0.05) is 16.2 Å². The second-order valence-corrected chi connectivity index (χ2v) is 3.63. The molecule has 0 amide bonds. The normalized spacial score (nSPS) is 9.79. The molecule has 3 N–H and O–H groups in total. The number of carboxylic acid groups (broad SMARTS) is 1. The van der Waals surface area contributed by atoms with E-state index in [1.807, 2.05) is 0 Å². The molecule has 1 aromatic carbocycles. The molecule has 0 unspecified atom stereocenters. The summed E-state index contributed by atoms with van der Waals surface area (Å²) >= 11 is 3.26. The van der Waals surface area contributed by atoms with E-state index in [2.05, 4.69) is 15.9 Å². The molecule has 4 nitrogen and oxygen atoms in total. The molecule has 1 aromatic rings. The van der Waals surface area contributed by atoms with Crippen LogP contribution in [-0.4, -0.2) is 17.7 Å². The van der Waals surface area contributed by atoms with E-state index in [-0.39, 0.29) is 13.0 Å². The monoisotopic (exact) mass is 259 g/mol. The Morgan fingerprint density at radius 3 is 2.79 bits per heavy atom. The maximum atomic E-state index is 10.2. The van der Waals surface area contributed by atoms with Gasteiger partial charge in [-0.05, 0) is 12.1 Å². The Kier molecular flexibility index (Phi) is 3.76. The lowest BCUT2D eigenvalue weighted by atomic mass is 10.3. The Bertz CT molecular complexity index is 321. The van der Waals surface area contributed by atoms with Crippen molar-refractivity contribution in [3.05, 3.63) is 22.7 Å². The highest BCUT2D eigenvalue weighted by Gasteiger charge is 2.00. The van der Waals surface area contributed by atoms with Gasteiger partial charge in [-0.1, -0.05) is 15.9 Å². The molecule has 0 saturated heterocycles. The number of carbonyl (C=O) groups is 1. The summed E-state index contributed by atoms with van der Waals surface area (Å²) in [6, 6.07) is 5.12. The summed E-state index contributed by atoms with van der Waals surface area (Å²) in [5.74, 6) is -0.314. The molecule has 5 heteroatoms. The molecule has 0 fully saturated rings. The number of nitrogens with two attached hydrogens (primary N) is 1. The highest BCUT2D eigenvalue weighted by Crippen LogP contribution is 2.22. The van der Waals surface area contributed by atoms with E-state index in [0.29, 0.717) is 11.4 Å². The van der Waals surface area contributed by atoms with E-state index < -0.39 is 5.97 Å². The van der Waals surface area contributed by atoms with Crippen LogP contribution in [-0.2, 0) is 4.79 Å². The zero-order valence-electron chi connectivity index (χ0n) is 7.37. The number of hydrogen-bond donors (Lipinski definition) is 2. The average Bonchev–Trinajstić information content (AvgIpc) is 2.01. The van der Waals surface area contributed by atoms with Gasteiger partial charge in [0.25, 0.3) is 0 Å². The third kappa shape index (κ3) is 3.66. The first-order valence-electron chi connectivity index (χ1n) is 3.98. The third-order valence-corrected chi connectivity index (χ3v) is 1.94. The van der Waals surface area contributed by atoms with Crippen molar-refractivity contribution in [2.75, 3.05) is 12.3 Å². The zero-order valence-corrected chi connectivity index (χ0v) is 8.95. The molecule has 0 aliphatic heterocycles. The Labute approximate surface area is 89.8 Å². The zero-order chi connectivity index (χ0) is 10.6. The summed E-state index contributed by atoms with van der Waals surface area (Å²) < 4.78 is 6.00. The molecular weight excluding hydrogens is 250 g/mol. The van der Waals surface area contributed by atoms with E-state index in [0.717, 1.165) is 4.47 Å². The number of aliphatic carboxylic acids is 1. The number of hydrogen-bond acceptors (Lipinski definition) is 3. The largest absolute Gasteiger partial charge is 0.493 e. The van der Waals surface area contributed by atoms with Gasteiger partial charge in [0.15, 0.2) is 0 Å². The predicted molar refractivity (Wildman–Crippen MR) is 56.3 cm³/mol. The maximum absolute atomic E-state index is 10.2. The summed E-state index contributed by atoms with van der Waals surface area (Å²) in [4.78, 5) is 10.2. The molecule has 0 atom stereocenters. The first kappa shape index (κ1) is 10.8. The Balaban J connectivity index is 2.54. The van der Waals surface area contributed by atoms with E-state index in [4.69, 9.17) is 15.6 Å². The van der Waals surface area contributed by atoms with Crippen LogP contribution < -0.4 is 10.5 Å². The summed E-state index contributed by atoms with van der Waals surface area (Å²) in [5, 5.41) is 8.39. The minimum Gasteiger partial charge on any atom is -0.493 e. The quantitative estimate of drug-likeness (QED) is 0.811. The van der Waals surface area contributed by atoms with Crippen LogP contribution in [0.15, 0.2) is 22.7 Å². The summed E-state index contributed by atoms with van der Waals surface area (Å²) in [7, 11) is 0. The van der Waals surface area contributed by atoms with Gasteiger partial charge < -0.3 is 15.6 Å². The number of halogens is 1. The number of ether oxygens (including phenoxy) is 1. The Hall–Kier alpha value is -1.23. The Morgan fingerprint density at radius 1 is 1.50 bits per heavy atom. The van der Waals surface area contributed by atoms with Gasteiger partial charge in [0.1, 0.15) is 5.75 Å². The van der Waals surface area contributed by atoms with Crippen LogP contribution in [0.2, 0.25) is 0 Å². The second kappa shape index (κ2) is 4.85. The molecule has 0 saturated carbocycles. The van der Waals surface area contributed by atoms with Crippen molar-refractivity contribution in [2.24, 2.45) is 0 Å². The third-order valence-electron chi connectivity index (χ3n) is 1.48. The number of anilines is 1. The van der Waals surface area contributed by atoms with Crippen LogP contribution in [0.4, 0.5) is 5.69 Å². The van der Waals surface area contributed by atoms with Gasteiger partial charge in [-0.25, -0.2) is 0 Å². The molecule has 0 heterocycles. The highest BCUT2D eigenvalue weighted by molar-refractivity contribution is 9.10. The van der Waals surface area contributed by atoms with E-state index in [1.165, 1.54) is 0 Å². The van der Waals surface area contributed by atoms with Gasteiger partial charge in [-0.2, -0.15) is 0 Å². The lowest BCUT2D eigenvalue weighted by Crippen LogP contribution is -2.04. The fraction of sp³-hybridized carbons (Fsp3) is 0.222. The lowest BCUT2D eigenvalue weighted by Gasteiger charge is -2.05. The molecule has 0 aromatic heterocycles. The summed E-state index contributed by atoms with van der Waals surface area (Å²) in [6.07, 6.45) is -0.0214. The maximum Gasteiger partial charge on any atom is 0.306 e. The van der Waals surface area contributed by atoms with Crippen LogP contribution in [0.5, 0.6) is 5.75 Å². The molecule has 76 valence electrons. The number of rotatable bonds is 4. The average molecular weight is 260 g/mol. The highest BCUT2D eigenvalue weighted by atomic mass is 79.9. The minimum absolute atomic E-state index is 0.0214. The van der Waals surface area contributed by atoms with Crippen molar-refractivity contribution in [1.29, 1.82) is 0 Å². The van der Waals surface area contributed by atoms with E-state index in [9.17, 15) is 4.79 Å². The van der Waals surface area contributed by atoms with Crippen LogP contribution in [0, 0.1) is 0 Å². The fourth-order valence-corrected chi connectivity index (χ4v) is 1.41. The number of carboxylic acids is 1. The van der Waals surface area contributed by atoms with Crippen LogP contribution in [0.25, 0.3) is 0 Å². The number of benzene rings is 1. The predicted octanol–water partition coefficient (Wildman–Crippen LogP) is 1.88.